The number of allylic oxidation sites excluding steroid dienone is 1. The number of piperidine rings is 1. The Labute approximate surface area is 238 Å². The molecule has 1 aromatic carbocycles. The van der Waals surface area contributed by atoms with Gasteiger partial charge in [0, 0.05) is 36.1 Å². The van der Waals surface area contributed by atoms with Gasteiger partial charge < -0.3 is 20.2 Å². The lowest BCUT2D eigenvalue weighted by Crippen LogP contribution is -2.60. The topological polar surface area (TPSA) is 104 Å². The number of hydrogen-bond acceptors (Lipinski definition) is 8. The smallest absolute Gasteiger partial charge is 0.278 e. The molecular formula is C31H36N8O2. The summed E-state index contributed by atoms with van der Waals surface area (Å²) >= 11 is 0. The predicted molar refractivity (Wildman–Crippen MR) is 160 cm³/mol. The third kappa shape index (κ3) is 4.42. The van der Waals surface area contributed by atoms with E-state index >= 15 is 0 Å². The summed E-state index contributed by atoms with van der Waals surface area (Å²) in [7, 11) is 2.21. The molecule has 1 atom stereocenters. The van der Waals surface area contributed by atoms with Crippen molar-refractivity contribution in [3.05, 3.63) is 76.9 Å². The van der Waals surface area contributed by atoms with Crippen LogP contribution in [0.1, 0.15) is 37.4 Å². The Balaban J connectivity index is 1.16. The van der Waals surface area contributed by atoms with Crippen LogP contribution in [0.2, 0.25) is 0 Å². The van der Waals surface area contributed by atoms with Gasteiger partial charge in [-0.25, -0.2) is 19.3 Å². The normalized spacial score (nSPS) is 21.7. The zero-order valence-corrected chi connectivity index (χ0v) is 23.7. The lowest BCUT2D eigenvalue weighted by atomic mass is 9.72. The molecule has 2 saturated heterocycles. The zero-order chi connectivity index (χ0) is 28.4. The number of likely N-dealkylation sites (tertiary alicyclic amines) is 1. The van der Waals surface area contributed by atoms with E-state index in [2.05, 4.69) is 45.9 Å². The molecule has 0 radical (unpaired) electrons. The monoisotopic (exact) mass is 552 g/mol. The van der Waals surface area contributed by atoms with Gasteiger partial charge in [0.15, 0.2) is 11.5 Å². The summed E-state index contributed by atoms with van der Waals surface area (Å²) in [6.07, 6.45) is 7.17. The maximum Gasteiger partial charge on any atom is 0.278 e. The van der Waals surface area contributed by atoms with Gasteiger partial charge in [-0.05, 0) is 88.6 Å². The number of pyridine rings is 1. The fourth-order valence-corrected chi connectivity index (χ4v) is 6.61. The lowest BCUT2D eigenvalue weighted by Gasteiger charge is -2.54. The highest BCUT2D eigenvalue weighted by atomic mass is 16.3. The Morgan fingerprint density at radius 1 is 1.07 bits per heavy atom. The fraction of sp³-hybridized carbons (Fsp3) is 0.419. The molecule has 212 valence electrons. The van der Waals surface area contributed by atoms with Crippen LogP contribution in [0.3, 0.4) is 0 Å². The standard InChI is InChI=1S/C31H36N8O2/c1-4-15-38-28(40)24-18-32-29(35-27(24)39(38)25-10-5-21-11-12-30(2,41)26(21)34-25)33-22-6-8-23(9-7-22)37-19-31(20-37)13-16-36(3)17-14-31/h4-10,18,41H,1,11-17,19-20H2,2-3H3,(H,32,33,35). The summed E-state index contributed by atoms with van der Waals surface area (Å²) in [5.74, 6) is 0.906. The van der Waals surface area contributed by atoms with E-state index in [1.807, 2.05) is 24.3 Å². The molecule has 10 nitrogen and oxygen atoms in total. The Morgan fingerprint density at radius 2 is 1.83 bits per heavy atom. The fourth-order valence-electron chi connectivity index (χ4n) is 6.61. The van der Waals surface area contributed by atoms with E-state index < -0.39 is 5.60 Å². The van der Waals surface area contributed by atoms with Gasteiger partial charge in [-0.3, -0.25) is 4.79 Å². The third-order valence-corrected chi connectivity index (χ3v) is 9.14. The summed E-state index contributed by atoms with van der Waals surface area (Å²) < 4.78 is 3.25. The van der Waals surface area contributed by atoms with Crippen molar-refractivity contribution in [2.45, 2.75) is 44.8 Å². The predicted octanol–water partition coefficient (Wildman–Crippen LogP) is 3.59. The number of anilines is 3. The van der Waals surface area contributed by atoms with Gasteiger partial charge in [0.2, 0.25) is 5.95 Å². The van der Waals surface area contributed by atoms with Crippen LogP contribution in [-0.4, -0.2) is 67.5 Å². The van der Waals surface area contributed by atoms with Crippen LogP contribution in [0.25, 0.3) is 16.9 Å². The Bertz CT molecular complexity index is 1690. The number of rotatable bonds is 6. The molecule has 41 heavy (non-hydrogen) atoms. The van der Waals surface area contributed by atoms with Crippen LogP contribution in [0.4, 0.5) is 17.3 Å². The number of nitrogens with zero attached hydrogens (tertiary/aromatic N) is 7. The van der Waals surface area contributed by atoms with Crippen molar-refractivity contribution in [2.24, 2.45) is 5.41 Å². The summed E-state index contributed by atoms with van der Waals surface area (Å²) in [6.45, 7) is 10.5. The van der Waals surface area contributed by atoms with Gasteiger partial charge in [-0.2, -0.15) is 4.98 Å². The molecule has 0 saturated carbocycles. The second kappa shape index (κ2) is 9.53. The number of aromatic nitrogens is 5. The van der Waals surface area contributed by atoms with E-state index in [0.29, 0.717) is 40.3 Å². The van der Waals surface area contributed by atoms with Crippen LogP contribution in [0.5, 0.6) is 0 Å². The molecule has 3 aromatic heterocycles. The molecule has 2 aliphatic heterocycles. The molecule has 7 rings (SSSR count). The molecular weight excluding hydrogens is 516 g/mol. The van der Waals surface area contributed by atoms with Gasteiger partial charge in [0.25, 0.3) is 5.56 Å². The van der Waals surface area contributed by atoms with Crippen LogP contribution in [0.15, 0.2) is 60.0 Å². The Hall–Kier alpha value is -4.02. The minimum Gasteiger partial charge on any atom is -0.384 e. The first-order chi connectivity index (χ1) is 19.7. The van der Waals surface area contributed by atoms with Crippen molar-refractivity contribution in [1.82, 2.24) is 29.2 Å². The highest BCUT2D eigenvalue weighted by molar-refractivity contribution is 5.77. The number of aryl methyl sites for hydroxylation is 1. The Morgan fingerprint density at radius 3 is 2.56 bits per heavy atom. The van der Waals surface area contributed by atoms with Crippen LogP contribution < -0.4 is 15.8 Å². The van der Waals surface area contributed by atoms with Crippen LogP contribution in [0, 0.1) is 5.41 Å². The molecule has 0 amide bonds. The molecule has 2 fully saturated rings. The van der Waals surface area contributed by atoms with E-state index in [4.69, 9.17) is 9.97 Å². The molecule has 3 aliphatic rings. The summed E-state index contributed by atoms with van der Waals surface area (Å²) in [5, 5.41) is 14.6. The maximum absolute atomic E-state index is 13.3. The second-order valence-corrected chi connectivity index (χ2v) is 12.2. The summed E-state index contributed by atoms with van der Waals surface area (Å²) in [5.41, 5.74) is 3.46. The van der Waals surface area contributed by atoms with Crippen molar-refractivity contribution in [2.75, 3.05) is 43.4 Å². The molecule has 0 bridgehead atoms. The number of benzene rings is 1. The van der Waals surface area contributed by atoms with E-state index in [-0.39, 0.29) is 12.1 Å². The first-order valence-corrected chi connectivity index (χ1v) is 14.4. The van der Waals surface area contributed by atoms with Crippen molar-refractivity contribution >= 4 is 28.4 Å². The lowest BCUT2D eigenvalue weighted by molar-refractivity contribution is 0.0553. The maximum atomic E-state index is 13.3. The van der Waals surface area contributed by atoms with E-state index in [1.165, 1.54) is 31.6 Å². The third-order valence-electron chi connectivity index (χ3n) is 9.14. The SMILES string of the molecule is C=CCn1c(=O)c2cnc(Nc3ccc(N4CC5(CCN(C)CC5)C4)cc3)nc2n1-c1ccc2c(n1)C(C)(O)CC2. The number of aliphatic hydroxyl groups is 1. The highest BCUT2D eigenvalue weighted by Crippen LogP contribution is 2.42. The average molecular weight is 553 g/mol. The number of fused-ring (bicyclic) bond motifs is 2. The minimum atomic E-state index is -1.00. The van der Waals surface area contributed by atoms with Gasteiger partial charge >= 0.3 is 0 Å². The quantitative estimate of drug-likeness (QED) is 0.350. The molecule has 1 unspecified atom stereocenters. The molecule has 1 spiro atoms. The highest BCUT2D eigenvalue weighted by Gasteiger charge is 2.44. The Kier molecular flexibility index (Phi) is 6.02. The molecule has 10 heteroatoms. The zero-order valence-electron chi connectivity index (χ0n) is 23.7. The van der Waals surface area contributed by atoms with Crippen LogP contribution >= 0.6 is 0 Å². The van der Waals surface area contributed by atoms with Gasteiger partial charge in [0.05, 0.1) is 12.2 Å². The minimum absolute atomic E-state index is 0.221. The number of nitrogens with one attached hydrogen (secondary N) is 1. The van der Waals surface area contributed by atoms with Crippen molar-refractivity contribution in [1.29, 1.82) is 0 Å². The second-order valence-electron chi connectivity index (χ2n) is 12.2. The molecule has 1 aliphatic carbocycles. The van der Waals surface area contributed by atoms with Crippen molar-refractivity contribution in [3.8, 4) is 5.82 Å². The van der Waals surface area contributed by atoms with Gasteiger partial charge in [-0.1, -0.05) is 12.1 Å². The molecule has 5 heterocycles. The number of hydrogen-bond donors (Lipinski definition) is 2. The molecule has 2 N–H and O–H groups in total. The van der Waals surface area contributed by atoms with Crippen molar-refractivity contribution in [3.63, 3.8) is 0 Å². The van der Waals surface area contributed by atoms with Crippen LogP contribution in [-0.2, 0) is 18.6 Å². The largest absolute Gasteiger partial charge is 0.384 e. The van der Waals surface area contributed by atoms with Crippen molar-refractivity contribution < 1.29 is 5.11 Å². The average Bonchev–Trinajstić information content (AvgIpc) is 3.40. The van der Waals surface area contributed by atoms with E-state index in [0.717, 1.165) is 30.8 Å². The first kappa shape index (κ1) is 25.9. The summed E-state index contributed by atoms with van der Waals surface area (Å²) in [6, 6.07) is 12.2. The first-order valence-electron chi connectivity index (χ1n) is 14.4. The summed E-state index contributed by atoms with van der Waals surface area (Å²) in [4.78, 5) is 32.2. The van der Waals surface area contributed by atoms with Gasteiger partial charge in [-0.15, -0.1) is 6.58 Å². The van der Waals surface area contributed by atoms with E-state index in [9.17, 15) is 9.90 Å². The van der Waals surface area contributed by atoms with Gasteiger partial charge in [0.1, 0.15) is 11.0 Å². The van der Waals surface area contributed by atoms with E-state index in [1.54, 1.807) is 28.6 Å². The molecule has 4 aromatic rings.